The summed E-state index contributed by atoms with van der Waals surface area (Å²) in [5.41, 5.74) is 1.14. The summed E-state index contributed by atoms with van der Waals surface area (Å²) in [5.74, 6) is -0.644. The molecule has 0 fully saturated rings. The van der Waals surface area contributed by atoms with Crippen LogP contribution in [-0.2, 0) is 4.79 Å². The van der Waals surface area contributed by atoms with E-state index >= 15 is 0 Å². The fraction of sp³-hybridized carbons (Fsp3) is 0.133. The Balaban J connectivity index is 2.27. The van der Waals surface area contributed by atoms with Gasteiger partial charge in [0.15, 0.2) is 5.76 Å². The molecule has 2 aromatic rings. The van der Waals surface area contributed by atoms with Gasteiger partial charge in [0.25, 0.3) is 0 Å². The largest absolute Gasteiger partial charge is 0.508 e. The van der Waals surface area contributed by atoms with Crippen LogP contribution in [0.1, 0.15) is 28.7 Å². The van der Waals surface area contributed by atoms with E-state index in [0.29, 0.717) is 11.3 Å². The summed E-state index contributed by atoms with van der Waals surface area (Å²) in [4.78, 5) is 27.3. The van der Waals surface area contributed by atoms with Crippen LogP contribution in [0, 0.1) is 6.92 Å². The van der Waals surface area contributed by atoms with Gasteiger partial charge in [-0.15, -0.1) is 0 Å². The van der Waals surface area contributed by atoms with Gasteiger partial charge in [-0.3, -0.25) is 14.9 Å². The summed E-state index contributed by atoms with van der Waals surface area (Å²) in [7, 11) is 0. The number of hydrogen-bond donors (Lipinski definition) is 2. The highest BCUT2D eigenvalue weighted by Crippen LogP contribution is 2.24. The van der Waals surface area contributed by atoms with Crippen LogP contribution in [0.3, 0.4) is 0 Å². The van der Waals surface area contributed by atoms with Crippen LogP contribution in [0.4, 0.5) is 6.01 Å². The number of aromatic nitrogens is 1. The number of anilines is 1. The number of amides is 1. The van der Waals surface area contributed by atoms with Gasteiger partial charge in [-0.25, -0.2) is 0 Å². The van der Waals surface area contributed by atoms with E-state index in [1.165, 1.54) is 19.1 Å². The molecule has 1 heterocycles. The van der Waals surface area contributed by atoms with Crippen LogP contribution >= 0.6 is 0 Å². The van der Waals surface area contributed by atoms with Crippen molar-refractivity contribution in [1.82, 2.24) is 4.98 Å². The van der Waals surface area contributed by atoms with Gasteiger partial charge in [-0.2, -0.15) is 4.98 Å². The Kier molecular flexibility index (Phi) is 3.89. The smallest absolute Gasteiger partial charge is 0.302 e. The molecular weight excluding hydrogens is 272 g/mol. The Morgan fingerprint density at radius 2 is 1.90 bits per heavy atom. The average Bonchev–Trinajstić information content (AvgIpc) is 2.78. The quantitative estimate of drug-likeness (QED) is 0.665. The zero-order chi connectivity index (χ0) is 15.6. The number of rotatable bonds is 4. The van der Waals surface area contributed by atoms with Crippen molar-refractivity contribution in [2.45, 2.75) is 13.8 Å². The zero-order valence-electron chi connectivity index (χ0n) is 11.6. The van der Waals surface area contributed by atoms with Crippen molar-refractivity contribution >= 4 is 23.3 Å². The summed E-state index contributed by atoms with van der Waals surface area (Å²) in [6.07, 6.45) is 0. The number of aryl methyl sites for hydroxylation is 1. The molecule has 1 aromatic carbocycles. The molecule has 21 heavy (non-hydrogen) atoms. The molecule has 0 radical (unpaired) electrons. The van der Waals surface area contributed by atoms with E-state index in [-0.39, 0.29) is 29.0 Å². The number of Topliss-reactive ketones (excluding diaryl/α,β-unsaturated/α-hetero) is 1. The van der Waals surface area contributed by atoms with Crippen molar-refractivity contribution in [3.63, 3.8) is 0 Å². The first kappa shape index (κ1) is 14.5. The average molecular weight is 286 g/mol. The number of nitrogens with one attached hydrogen (secondary N) is 1. The van der Waals surface area contributed by atoms with Gasteiger partial charge in [-0.05, 0) is 24.6 Å². The summed E-state index contributed by atoms with van der Waals surface area (Å²) >= 11 is 0. The molecule has 0 spiro atoms. The van der Waals surface area contributed by atoms with Crippen molar-refractivity contribution in [3.8, 4) is 5.75 Å². The molecule has 0 bridgehead atoms. The molecule has 0 aliphatic carbocycles. The molecule has 6 heteroatoms. The predicted molar refractivity (Wildman–Crippen MR) is 77.0 cm³/mol. The van der Waals surface area contributed by atoms with Crippen molar-refractivity contribution in [1.29, 1.82) is 0 Å². The maximum absolute atomic E-state index is 12.3. The summed E-state index contributed by atoms with van der Waals surface area (Å²) in [5, 5.41) is 11.6. The third kappa shape index (κ3) is 3.17. The fourth-order valence-electron chi connectivity index (χ4n) is 1.74. The third-order valence-corrected chi connectivity index (χ3v) is 2.78. The second kappa shape index (κ2) is 5.62. The minimum atomic E-state index is -0.428. The molecule has 1 amide bonds. The Morgan fingerprint density at radius 1 is 1.29 bits per heavy atom. The molecule has 0 saturated carbocycles. The highest BCUT2D eigenvalue weighted by atomic mass is 16.4. The van der Waals surface area contributed by atoms with E-state index in [0.717, 1.165) is 0 Å². The van der Waals surface area contributed by atoms with Gasteiger partial charge in [0.05, 0.1) is 5.69 Å². The van der Waals surface area contributed by atoms with Gasteiger partial charge in [-0.1, -0.05) is 18.7 Å². The Bertz CT molecular complexity index is 714. The van der Waals surface area contributed by atoms with Crippen molar-refractivity contribution in [3.05, 3.63) is 47.9 Å². The molecule has 0 atom stereocenters. The number of carbonyl (C=O) groups excluding carboxylic acids is 2. The van der Waals surface area contributed by atoms with Crippen LogP contribution < -0.4 is 5.32 Å². The molecule has 0 aliphatic rings. The lowest BCUT2D eigenvalue weighted by Crippen LogP contribution is -2.05. The van der Waals surface area contributed by atoms with Crippen molar-refractivity contribution < 1.29 is 19.1 Å². The molecule has 2 N–H and O–H groups in total. The van der Waals surface area contributed by atoms with E-state index < -0.39 is 5.78 Å². The predicted octanol–water partition coefficient (Wildman–Crippen LogP) is 2.54. The first-order valence-electron chi connectivity index (χ1n) is 6.16. The minimum Gasteiger partial charge on any atom is -0.508 e. The van der Waals surface area contributed by atoms with Gasteiger partial charge in [0, 0.05) is 12.5 Å². The van der Waals surface area contributed by atoms with E-state index in [2.05, 4.69) is 16.9 Å². The normalized spacial score (nSPS) is 10.2. The van der Waals surface area contributed by atoms with Crippen LogP contribution in [0.25, 0.3) is 5.57 Å². The van der Waals surface area contributed by atoms with Crippen LogP contribution in [0.2, 0.25) is 0 Å². The number of phenolic OH excluding ortho intramolecular Hbond substituents is 1. The number of aromatic hydroxyl groups is 1. The molecule has 108 valence electrons. The minimum absolute atomic E-state index is 0.0248. The molecular formula is C15H14N2O4. The Hall–Kier alpha value is -2.89. The third-order valence-electron chi connectivity index (χ3n) is 2.78. The van der Waals surface area contributed by atoms with Crippen molar-refractivity contribution in [2.75, 3.05) is 5.32 Å². The first-order chi connectivity index (χ1) is 9.88. The molecule has 0 saturated heterocycles. The number of hydrogen-bond acceptors (Lipinski definition) is 5. The number of carbonyl (C=O) groups is 2. The standard InChI is InChI=1S/C15H14N2O4/c1-8(11-4-6-12(19)7-5-11)13(20)14-9(2)16-15(21-14)17-10(3)18/h4-7,19H,1H2,2-3H3,(H,16,17,18). The highest BCUT2D eigenvalue weighted by molar-refractivity contribution is 6.27. The van der Waals surface area contributed by atoms with E-state index in [4.69, 9.17) is 4.42 Å². The van der Waals surface area contributed by atoms with Gasteiger partial charge in [0.2, 0.25) is 11.7 Å². The molecule has 0 aliphatic heterocycles. The lowest BCUT2D eigenvalue weighted by atomic mass is 10.0. The lowest BCUT2D eigenvalue weighted by Gasteiger charge is -2.03. The fourth-order valence-corrected chi connectivity index (χ4v) is 1.74. The number of phenols is 1. The first-order valence-corrected chi connectivity index (χ1v) is 6.16. The number of ketones is 1. The van der Waals surface area contributed by atoms with Gasteiger partial charge >= 0.3 is 6.01 Å². The Labute approximate surface area is 121 Å². The topological polar surface area (TPSA) is 92.4 Å². The summed E-state index contributed by atoms with van der Waals surface area (Å²) in [6, 6.07) is 6.06. The zero-order valence-corrected chi connectivity index (χ0v) is 11.6. The van der Waals surface area contributed by atoms with Crippen LogP contribution in [0.15, 0.2) is 35.3 Å². The van der Waals surface area contributed by atoms with E-state index in [1.54, 1.807) is 19.1 Å². The van der Waals surface area contributed by atoms with Crippen LogP contribution in [0.5, 0.6) is 5.75 Å². The maximum atomic E-state index is 12.3. The lowest BCUT2D eigenvalue weighted by molar-refractivity contribution is -0.114. The molecule has 2 rings (SSSR count). The number of benzene rings is 1. The molecule has 6 nitrogen and oxygen atoms in total. The second-order valence-electron chi connectivity index (χ2n) is 4.47. The van der Waals surface area contributed by atoms with Crippen molar-refractivity contribution in [2.24, 2.45) is 0 Å². The monoisotopic (exact) mass is 286 g/mol. The van der Waals surface area contributed by atoms with E-state index in [9.17, 15) is 14.7 Å². The number of allylic oxidation sites excluding steroid dienone is 1. The van der Waals surface area contributed by atoms with Crippen LogP contribution in [-0.4, -0.2) is 21.8 Å². The number of nitrogens with zero attached hydrogens (tertiary/aromatic N) is 1. The van der Waals surface area contributed by atoms with E-state index in [1.807, 2.05) is 0 Å². The highest BCUT2D eigenvalue weighted by Gasteiger charge is 2.21. The summed E-state index contributed by atoms with van der Waals surface area (Å²) in [6.45, 7) is 6.66. The summed E-state index contributed by atoms with van der Waals surface area (Å²) < 4.78 is 5.25. The van der Waals surface area contributed by atoms with Gasteiger partial charge < -0.3 is 9.52 Å². The maximum Gasteiger partial charge on any atom is 0.302 e. The van der Waals surface area contributed by atoms with Gasteiger partial charge in [0.1, 0.15) is 5.75 Å². The Morgan fingerprint density at radius 3 is 2.48 bits per heavy atom. The SMILES string of the molecule is C=C(C(=O)c1oc(NC(C)=O)nc1C)c1ccc(O)cc1. The molecule has 1 aromatic heterocycles. The number of oxazole rings is 1. The molecule has 0 unspecified atom stereocenters. The second-order valence-corrected chi connectivity index (χ2v) is 4.47.